The van der Waals surface area contributed by atoms with E-state index >= 15 is 0 Å². The molecule has 0 saturated carbocycles. The molecule has 164 valence electrons. The van der Waals surface area contributed by atoms with Crippen LogP contribution in [0, 0.1) is 0 Å². The van der Waals surface area contributed by atoms with Crippen molar-refractivity contribution in [1.29, 1.82) is 0 Å². The SMILES string of the molecule is CC[C@H](C)c1ccc(OCCOc2ccc(/C=C3/SC(=S)N(C)C3=O)cc2OC)cc1. The number of likely N-dealkylation sites (N-methyl/N-ethyl adjacent to an activating group) is 1. The molecule has 2 aromatic carbocycles. The molecule has 0 spiro atoms. The molecule has 0 unspecified atom stereocenters. The van der Waals surface area contributed by atoms with Gasteiger partial charge >= 0.3 is 0 Å². The minimum Gasteiger partial charge on any atom is -0.493 e. The summed E-state index contributed by atoms with van der Waals surface area (Å²) in [4.78, 5) is 14.2. The first-order chi connectivity index (χ1) is 14.9. The molecule has 1 heterocycles. The Balaban J connectivity index is 1.56. The van der Waals surface area contributed by atoms with Gasteiger partial charge in [0.25, 0.3) is 5.91 Å². The number of rotatable bonds is 9. The van der Waals surface area contributed by atoms with Gasteiger partial charge in [-0.15, -0.1) is 0 Å². The Morgan fingerprint density at radius 1 is 1.10 bits per heavy atom. The standard InChI is InChI=1S/C24H27NO4S2/c1-5-16(2)18-7-9-19(10-8-18)28-12-13-29-20-11-6-17(14-21(20)27-4)15-22-23(26)25(3)24(30)31-22/h6-11,14-16H,5,12-13H2,1-4H3/b22-15+/t16-/m0/s1. The van der Waals surface area contributed by atoms with E-state index in [4.69, 9.17) is 26.4 Å². The van der Waals surface area contributed by atoms with Crippen LogP contribution in [-0.2, 0) is 4.79 Å². The zero-order chi connectivity index (χ0) is 22.4. The maximum absolute atomic E-state index is 12.2. The number of carbonyl (C=O) groups is 1. The van der Waals surface area contributed by atoms with Gasteiger partial charge in [0.1, 0.15) is 23.3 Å². The van der Waals surface area contributed by atoms with Crippen molar-refractivity contribution in [3.63, 3.8) is 0 Å². The number of nitrogens with zero attached hydrogens (tertiary/aromatic N) is 1. The molecular formula is C24H27NO4S2. The van der Waals surface area contributed by atoms with Crippen LogP contribution >= 0.6 is 24.0 Å². The molecule has 1 saturated heterocycles. The van der Waals surface area contributed by atoms with E-state index in [0.717, 1.165) is 17.7 Å². The van der Waals surface area contributed by atoms with E-state index in [9.17, 15) is 4.79 Å². The first kappa shape index (κ1) is 23.2. The third-order valence-electron chi connectivity index (χ3n) is 5.14. The Labute approximate surface area is 193 Å². The number of ether oxygens (including phenoxy) is 3. The number of carbonyl (C=O) groups excluding carboxylic acids is 1. The number of amides is 1. The van der Waals surface area contributed by atoms with Crippen molar-refractivity contribution in [2.45, 2.75) is 26.2 Å². The second kappa shape index (κ2) is 10.7. The topological polar surface area (TPSA) is 48.0 Å². The van der Waals surface area contributed by atoms with Crippen LogP contribution in [0.15, 0.2) is 47.4 Å². The van der Waals surface area contributed by atoms with E-state index in [1.165, 1.54) is 22.2 Å². The average molecular weight is 458 g/mol. The van der Waals surface area contributed by atoms with Gasteiger partial charge in [0.2, 0.25) is 0 Å². The molecule has 3 rings (SSSR count). The number of methoxy groups -OCH3 is 1. The van der Waals surface area contributed by atoms with Gasteiger partial charge in [-0.25, -0.2) is 0 Å². The van der Waals surface area contributed by atoms with Crippen LogP contribution < -0.4 is 14.2 Å². The van der Waals surface area contributed by atoms with Gasteiger partial charge < -0.3 is 14.2 Å². The van der Waals surface area contributed by atoms with Gasteiger partial charge in [0, 0.05) is 7.05 Å². The molecule has 0 aliphatic carbocycles. The fourth-order valence-electron chi connectivity index (χ4n) is 3.03. The predicted octanol–water partition coefficient (Wildman–Crippen LogP) is 5.50. The Morgan fingerprint density at radius 2 is 1.81 bits per heavy atom. The molecule has 1 aliphatic rings. The van der Waals surface area contributed by atoms with Crippen molar-refractivity contribution in [1.82, 2.24) is 4.90 Å². The Morgan fingerprint density at radius 3 is 2.42 bits per heavy atom. The summed E-state index contributed by atoms with van der Waals surface area (Å²) in [5, 5.41) is 0. The molecule has 0 N–H and O–H groups in total. The lowest BCUT2D eigenvalue weighted by Gasteiger charge is -2.13. The lowest BCUT2D eigenvalue weighted by Crippen LogP contribution is -2.22. The molecule has 1 atom stereocenters. The van der Waals surface area contributed by atoms with Crippen LogP contribution in [0.25, 0.3) is 6.08 Å². The molecule has 0 bridgehead atoms. The maximum Gasteiger partial charge on any atom is 0.265 e. The van der Waals surface area contributed by atoms with Crippen LogP contribution in [0.1, 0.15) is 37.3 Å². The molecular weight excluding hydrogens is 430 g/mol. The summed E-state index contributed by atoms with van der Waals surface area (Å²) in [7, 11) is 3.27. The lowest BCUT2D eigenvalue weighted by atomic mass is 9.99. The van der Waals surface area contributed by atoms with Crippen LogP contribution in [0.4, 0.5) is 0 Å². The first-order valence-electron chi connectivity index (χ1n) is 10.2. The highest BCUT2D eigenvalue weighted by Crippen LogP contribution is 2.34. The summed E-state index contributed by atoms with van der Waals surface area (Å²) in [6, 6.07) is 13.8. The van der Waals surface area contributed by atoms with Gasteiger partial charge in [0.05, 0.1) is 12.0 Å². The highest BCUT2D eigenvalue weighted by atomic mass is 32.2. The first-order valence-corrected chi connectivity index (χ1v) is 11.4. The normalized spacial score (nSPS) is 16.0. The summed E-state index contributed by atoms with van der Waals surface area (Å²) < 4.78 is 17.6. The summed E-state index contributed by atoms with van der Waals surface area (Å²) in [6.45, 7) is 5.21. The molecule has 2 aromatic rings. The monoisotopic (exact) mass is 457 g/mol. The minimum atomic E-state index is -0.0939. The highest BCUT2D eigenvalue weighted by Gasteiger charge is 2.28. The number of benzene rings is 2. The predicted molar refractivity (Wildman–Crippen MR) is 130 cm³/mol. The molecule has 31 heavy (non-hydrogen) atoms. The number of thiocarbonyl (C=S) groups is 1. The second-order valence-electron chi connectivity index (χ2n) is 7.23. The van der Waals surface area contributed by atoms with E-state index < -0.39 is 0 Å². The zero-order valence-corrected chi connectivity index (χ0v) is 19.8. The fraction of sp³-hybridized carbons (Fsp3) is 0.333. The molecule has 0 aromatic heterocycles. The number of thioether (sulfide) groups is 1. The van der Waals surface area contributed by atoms with Crippen LogP contribution in [0.5, 0.6) is 17.2 Å². The van der Waals surface area contributed by atoms with Crippen molar-refractivity contribution in [2.75, 3.05) is 27.4 Å². The maximum atomic E-state index is 12.2. The fourth-order valence-corrected chi connectivity index (χ4v) is 4.21. The number of hydrogen-bond acceptors (Lipinski definition) is 6. The van der Waals surface area contributed by atoms with Gasteiger partial charge in [-0.05, 0) is 53.8 Å². The number of hydrogen-bond donors (Lipinski definition) is 0. The van der Waals surface area contributed by atoms with Crippen molar-refractivity contribution in [2.24, 2.45) is 0 Å². The quantitative estimate of drug-likeness (QED) is 0.282. The molecule has 5 nitrogen and oxygen atoms in total. The summed E-state index contributed by atoms with van der Waals surface area (Å²) in [5.74, 6) is 2.50. The van der Waals surface area contributed by atoms with Crippen molar-refractivity contribution >= 4 is 40.3 Å². The van der Waals surface area contributed by atoms with Gasteiger partial charge in [0.15, 0.2) is 11.5 Å². The molecule has 7 heteroatoms. The van der Waals surface area contributed by atoms with E-state index in [1.807, 2.05) is 30.3 Å². The Bertz CT molecular complexity index is 972. The second-order valence-corrected chi connectivity index (χ2v) is 8.90. The molecule has 1 fully saturated rings. The van der Waals surface area contributed by atoms with Gasteiger partial charge in [-0.2, -0.15) is 0 Å². The third kappa shape index (κ3) is 5.80. The minimum absolute atomic E-state index is 0.0939. The third-order valence-corrected chi connectivity index (χ3v) is 6.63. The molecule has 1 amide bonds. The largest absolute Gasteiger partial charge is 0.493 e. The van der Waals surface area contributed by atoms with Crippen molar-refractivity contribution in [3.05, 3.63) is 58.5 Å². The van der Waals surface area contributed by atoms with Crippen molar-refractivity contribution < 1.29 is 19.0 Å². The van der Waals surface area contributed by atoms with Crippen LogP contribution in [0.3, 0.4) is 0 Å². The van der Waals surface area contributed by atoms with E-state index in [-0.39, 0.29) is 5.91 Å². The van der Waals surface area contributed by atoms with E-state index in [1.54, 1.807) is 20.2 Å². The van der Waals surface area contributed by atoms with E-state index in [2.05, 4.69) is 26.0 Å². The van der Waals surface area contributed by atoms with Gasteiger partial charge in [-0.3, -0.25) is 9.69 Å². The molecule has 1 aliphatic heterocycles. The average Bonchev–Trinajstić information content (AvgIpc) is 3.03. The van der Waals surface area contributed by atoms with Crippen LogP contribution in [0.2, 0.25) is 0 Å². The summed E-state index contributed by atoms with van der Waals surface area (Å²) >= 11 is 6.46. The Kier molecular flexibility index (Phi) is 7.98. The van der Waals surface area contributed by atoms with Gasteiger partial charge in [-0.1, -0.05) is 56.0 Å². The van der Waals surface area contributed by atoms with E-state index in [0.29, 0.717) is 39.9 Å². The summed E-state index contributed by atoms with van der Waals surface area (Å²) in [6.07, 6.45) is 2.92. The van der Waals surface area contributed by atoms with Crippen LogP contribution in [-0.4, -0.2) is 42.5 Å². The van der Waals surface area contributed by atoms with Crippen molar-refractivity contribution in [3.8, 4) is 17.2 Å². The lowest BCUT2D eigenvalue weighted by molar-refractivity contribution is -0.121. The smallest absolute Gasteiger partial charge is 0.265 e. The summed E-state index contributed by atoms with van der Waals surface area (Å²) in [5.41, 5.74) is 2.16. The highest BCUT2D eigenvalue weighted by molar-refractivity contribution is 8.26. The molecule has 0 radical (unpaired) electrons. The zero-order valence-electron chi connectivity index (χ0n) is 18.2. The Hall–Kier alpha value is -2.51.